The van der Waals surface area contributed by atoms with E-state index in [1.807, 2.05) is 17.6 Å². The van der Waals surface area contributed by atoms with Gasteiger partial charge in [-0.05, 0) is 55.9 Å². The van der Waals surface area contributed by atoms with Gasteiger partial charge in [-0.15, -0.1) is 10.2 Å². The van der Waals surface area contributed by atoms with Gasteiger partial charge in [0, 0.05) is 16.6 Å². The average molecular weight is 413 g/mol. The van der Waals surface area contributed by atoms with Gasteiger partial charge in [0.25, 0.3) is 0 Å². The Morgan fingerprint density at radius 3 is 2.75 bits per heavy atom. The molecule has 0 saturated heterocycles. The number of nitrogens with one attached hydrogen (secondary N) is 1. The van der Waals surface area contributed by atoms with Crippen LogP contribution in [-0.2, 0) is 16.4 Å². The predicted octanol–water partition coefficient (Wildman–Crippen LogP) is 3.07. The largest absolute Gasteiger partial charge is 0.317 e. The van der Waals surface area contributed by atoms with E-state index in [-0.39, 0.29) is 12.1 Å². The maximum absolute atomic E-state index is 12.8. The molecule has 0 aliphatic heterocycles. The van der Waals surface area contributed by atoms with Gasteiger partial charge in [-0.25, -0.2) is 13.1 Å². The minimum atomic E-state index is -3.52. The van der Waals surface area contributed by atoms with Gasteiger partial charge in [0.15, 0.2) is 0 Å². The van der Waals surface area contributed by atoms with Crippen LogP contribution in [0, 0.1) is 0 Å². The number of hydrogen-bond donors (Lipinski definition) is 1. The van der Waals surface area contributed by atoms with Crippen molar-refractivity contribution in [2.45, 2.75) is 56.0 Å². The highest BCUT2D eigenvalue weighted by Gasteiger charge is 2.28. The second-order valence-electron chi connectivity index (χ2n) is 6.15. The smallest absolute Gasteiger partial charge is 0.241 e. The lowest BCUT2D eigenvalue weighted by Crippen LogP contribution is -2.39. The molecule has 0 bridgehead atoms. The molecule has 0 spiro atoms. The summed E-state index contributed by atoms with van der Waals surface area (Å²) in [6.07, 6.45) is 7.69. The Labute approximate surface area is 150 Å². The second-order valence-corrected chi connectivity index (χ2v) is 8.75. The maximum Gasteiger partial charge on any atom is 0.241 e. The third kappa shape index (κ3) is 3.87. The minimum Gasteiger partial charge on any atom is -0.317 e. The Hall–Kier alpha value is -1.25. The Morgan fingerprint density at radius 1 is 1.29 bits per heavy atom. The van der Waals surface area contributed by atoms with Gasteiger partial charge in [0.2, 0.25) is 10.0 Å². The van der Waals surface area contributed by atoms with E-state index in [0.717, 1.165) is 35.7 Å². The lowest BCUT2D eigenvalue weighted by Gasteiger charge is -2.30. The number of hydrogen-bond acceptors (Lipinski definition) is 4. The molecule has 1 N–H and O–H groups in total. The number of aryl methyl sites for hydroxylation is 1. The van der Waals surface area contributed by atoms with Crippen LogP contribution in [0.2, 0.25) is 0 Å². The van der Waals surface area contributed by atoms with Crippen molar-refractivity contribution in [1.82, 2.24) is 19.5 Å². The molecule has 1 heterocycles. The van der Waals surface area contributed by atoms with Crippen molar-refractivity contribution in [3.63, 3.8) is 0 Å². The molecule has 6 nitrogen and oxygen atoms in total. The Balaban J connectivity index is 1.77. The monoisotopic (exact) mass is 412 g/mol. The molecule has 24 heavy (non-hydrogen) atoms. The van der Waals surface area contributed by atoms with E-state index in [4.69, 9.17) is 0 Å². The molecule has 1 aliphatic carbocycles. The zero-order chi connectivity index (χ0) is 17.2. The molecule has 2 aromatic rings. The fourth-order valence-corrected chi connectivity index (χ4v) is 5.29. The third-order valence-electron chi connectivity index (χ3n) is 4.52. The summed E-state index contributed by atoms with van der Waals surface area (Å²) >= 11 is 3.40. The van der Waals surface area contributed by atoms with Crippen LogP contribution in [0.1, 0.15) is 44.2 Å². The lowest BCUT2D eigenvalue weighted by molar-refractivity contribution is 0.305. The van der Waals surface area contributed by atoms with Crippen LogP contribution in [0.5, 0.6) is 0 Å². The molecular weight excluding hydrogens is 392 g/mol. The SMILES string of the molecule is CCc1cc(Br)ccc1S(=O)(=O)NC1CCCC(n2cnnc2)C1. The minimum absolute atomic E-state index is 0.0653. The number of benzene rings is 1. The standard InChI is InChI=1S/C16H21BrN4O2S/c1-2-12-8-13(17)6-7-16(12)24(22,23)20-14-4-3-5-15(9-14)21-10-18-19-11-21/h6-8,10-11,14-15,20H,2-5,9H2,1H3. The summed E-state index contributed by atoms with van der Waals surface area (Å²) in [6.45, 7) is 1.96. The van der Waals surface area contributed by atoms with Crippen molar-refractivity contribution in [2.24, 2.45) is 0 Å². The van der Waals surface area contributed by atoms with E-state index in [9.17, 15) is 8.42 Å². The number of sulfonamides is 1. The van der Waals surface area contributed by atoms with E-state index < -0.39 is 10.0 Å². The summed E-state index contributed by atoms with van der Waals surface area (Å²) in [5.74, 6) is 0. The zero-order valence-electron chi connectivity index (χ0n) is 13.5. The molecule has 1 fully saturated rings. The molecule has 1 aromatic carbocycles. The van der Waals surface area contributed by atoms with Gasteiger partial charge in [-0.3, -0.25) is 0 Å². The summed E-state index contributed by atoms with van der Waals surface area (Å²) in [6, 6.07) is 5.50. The first-order chi connectivity index (χ1) is 11.5. The summed E-state index contributed by atoms with van der Waals surface area (Å²) in [5.41, 5.74) is 0.822. The van der Waals surface area contributed by atoms with Crippen LogP contribution in [0.15, 0.2) is 40.2 Å². The first-order valence-electron chi connectivity index (χ1n) is 8.14. The van der Waals surface area contributed by atoms with Crippen molar-refractivity contribution < 1.29 is 8.42 Å². The van der Waals surface area contributed by atoms with Gasteiger partial charge in [-0.2, -0.15) is 0 Å². The molecule has 0 amide bonds. The highest BCUT2D eigenvalue weighted by atomic mass is 79.9. The molecule has 2 unspecified atom stereocenters. The van der Waals surface area contributed by atoms with Gasteiger partial charge in [-0.1, -0.05) is 22.9 Å². The molecule has 2 atom stereocenters. The molecular formula is C16H21BrN4O2S. The van der Waals surface area contributed by atoms with E-state index in [0.29, 0.717) is 11.3 Å². The number of halogens is 1. The fraction of sp³-hybridized carbons (Fsp3) is 0.500. The Morgan fingerprint density at radius 2 is 2.04 bits per heavy atom. The molecule has 0 radical (unpaired) electrons. The van der Waals surface area contributed by atoms with E-state index in [1.165, 1.54) is 0 Å². The van der Waals surface area contributed by atoms with Crippen LogP contribution in [0.4, 0.5) is 0 Å². The van der Waals surface area contributed by atoms with Crippen LogP contribution < -0.4 is 4.72 Å². The van der Waals surface area contributed by atoms with E-state index >= 15 is 0 Å². The van der Waals surface area contributed by atoms with E-state index in [1.54, 1.807) is 24.8 Å². The van der Waals surface area contributed by atoms with Crippen molar-refractivity contribution in [2.75, 3.05) is 0 Å². The van der Waals surface area contributed by atoms with Crippen molar-refractivity contribution in [3.8, 4) is 0 Å². The Kier molecular flexibility index (Phi) is 5.36. The lowest BCUT2D eigenvalue weighted by atomic mass is 9.91. The van der Waals surface area contributed by atoms with Gasteiger partial charge in [0.1, 0.15) is 12.7 Å². The van der Waals surface area contributed by atoms with Crippen molar-refractivity contribution in [3.05, 3.63) is 40.9 Å². The average Bonchev–Trinajstić information content (AvgIpc) is 3.08. The normalized spacial score (nSPS) is 21.8. The molecule has 1 aromatic heterocycles. The van der Waals surface area contributed by atoms with Crippen LogP contribution in [0.3, 0.4) is 0 Å². The third-order valence-corrected chi connectivity index (χ3v) is 6.63. The van der Waals surface area contributed by atoms with Gasteiger partial charge < -0.3 is 4.57 Å². The fourth-order valence-electron chi connectivity index (χ4n) is 3.31. The quantitative estimate of drug-likeness (QED) is 0.818. The molecule has 8 heteroatoms. The van der Waals surface area contributed by atoms with Gasteiger partial charge >= 0.3 is 0 Å². The predicted molar refractivity (Wildman–Crippen MR) is 95.2 cm³/mol. The van der Waals surface area contributed by atoms with Gasteiger partial charge in [0.05, 0.1) is 4.90 Å². The maximum atomic E-state index is 12.8. The summed E-state index contributed by atoms with van der Waals surface area (Å²) in [5, 5.41) is 7.69. The first kappa shape index (κ1) is 17.6. The zero-order valence-corrected chi connectivity index (χ0v) is 15.9. The summed E-state index contributed by atoms with van der Waals surface area (Å²) in [7, 11) is -3.52. The molecule has 1 aliphatic rings. The molecule has 1 saturated carbocycles. The van der Waals surface area contributed by atoms with Crippen LogP contribution >= 0.6 is 15.9 Å². The number of nitrogens with zero attached hydrogens (tertiary/aromatic N) is 3. The van der Waals surface area contributed by atoms with Crippen molar-refractivity contribution >= 4 is 26.0 Å². The van der Waals surface area contributed by atoms with Crippen LogP contribution in [-0.4, -0.2) is 29.2 Å². The second kappa shape index (κ2) is 7.33. The summed E-state index contributed by atoms with van der Waals surface area (Å²) in [4.78, 5) is 0.375. The van der Waals surface area contributed by atoms with Crippen LogP contribution in [0.25, 0.3) is 0 Å². The Bertz CT molecular complexity index is 792. The first-order valence-corrected chi connectivity index (χ1v) is 10.4. The van der Waals surface area contributed by atoms with E-state index in [2.05, 4.69) is 30.8 Å². The molecule has 130 valence electrons. The highest BCUT2D eigenvalue weighted by Crippen LogP contribution is 2.29. The number of aromatic nitrogens is 3. The topological polar surface area (TPSA) is 76.9 Å². The number of rotatable bonds is 5. The summed E-state index contributed by atoms with van der Waals surface area (Å²) < 4.78 is 31.4. The van der Waals surface area contributed by atoms with Crippen molar-refractivity contribution in [1.29, 1.82) is 0 Å². The highest BCUT2D eigenvalue weighted by molar-refractivity contribution is 9.10. The molecule has 3 rings (SSSR count).